The van der Waals surface area contributed by atoms with E-state index in [0.717, 1.165) is 18.4 Å². The molecule has 0 fully saturated rings. The van der Waals surface area contributed by atoms with E-state index >= 15 is 0 Å². The molecule has 1 atom stereocenters. The number of hydrogen-bond acceptors (Lipinski definition) is 3. The molecule has 1 heterocycles. The maximum absolute atomic E-state index is 11.2. The van der Waals surface area contributed by atoms with Crippen molar-refractivity contribution in [2.75, 3.05) is 0 Å². The molecule has 0 bridgehead atoms. The number of hydrogen-bond donors (Lipinski definition) is 0. The maximum Gasteiger partial charge on any atom is 0.334 e. The summed E-state index contributed by atoms with van der Waals surface area (Å²) in [5, 5.41) is 0. The Hall–Kier alpha value is -1.12. The molecule has 1 rings (SSSR count). The molecule has 3 heteroatoms. The Kier molecular flexibility index (Phi) is 3.86. The number of carbonyl (C=O) groups is 2. The molecule has 0 aromatic carbocycles. The van der Waals surface area contributed by atoms with Crippen molar-refractivity contribution < 1.29 is 14.3 Å². The standard InChI is InChI=1S/C11H16O3/c1-3-5-8-6-10(14-11(8)13)7-9(12)4-2/h6,10H,3-5,7H2,1-2H3/t10-/m0/s1. The van der Waals surface area contributed by atoms with Gasteiger partial charge in [0.15, 0.2) is 0 Å². The Balaban J connectivity index is 2.51. The van der Waals surface area contributed by atoms with Gasteiger partial charge in [0.2, 0.25) is 0 Å². The minimum absolute atomic E-state index is 0.136. The van der Waals surface area contributed by atoms with Gasteiger partial charge in [-0.25, -0.2) is 4.79 Å². The first-order valence-corrected chi connectivity index (χ1v) is 5.10. The quantitative estimate of drug-likeness (QED) is 0.632. The van der Waals surface area contributed by atoms with Gasteiger partial charge in [0.1, 0.15) is 11.9 Å². The summed E-state index contributed by atoms with van der Waals surface area (Å²) in [6, 6.07) is 0. The number of carbonyl (C=O) groups excluding carboxylic acids is 2. The van der Waals surface area contributed by atoms with Gasteiger partial charge >= 0.3 is 5.97 Å². The molecule has 0 saturated heterocycles. The number of ether oxygens (including phenoxy) is 1. The van der Waals surface area contributed by atoms with Crippen molar-refractivity contribution in [1.82, 2.24) is 0 Å². The summed E-state index contributed by atoms with van der Waals surface area (Å²) in [7, 11) is 0. The molecule has 14 heavy (non-hydrogen) atoms. The molecule has 78 valence electrons. The molecule has 0 aromatic heterocycles. The van der Waals surface area contributed by atoms with Gasteiger partial charge in [-0.1, -0.05) is 20.3 Å². The summed E-state index contributed by atoms with van der Waals surface area (Å²) in [5.74, 6) is -0.113. The van der Waals surface area contributed by atoms with Gasteiger partial charge in [-0.05, 0) is 12.5 Å². The number of ketones is 1. The molecule has 0 aromatic rings. The lowest BCUT2D eigenvalue weighted by molar-refractivity contribution is -0.140. The minimum atomic E-state index is -0.309. The molecule has 0 unspecified atom stereocenters. The van der Waals surface area contributed by atoms with Crippen molar-refractivity contribution in [2.45, 2.75) is 45.6 Å². The van der Waals surface area contributed by atoms with Gasteiger partial charge in [-0.15, -0.1) is 0 Å². The Morgan fingerprint density at radius 3 is 2.79 bits per heavy atom. The zero-order valence-corrected chi connectivity index (χ0v) is 8.71. The van der Waals surface area contributed by atoms with Crippen molar-refractivity contribution in [1.29, 1.82) is 0 Å². The Labute approximate surface area is 84.1 Å². The van der Waals surface area contributed by atoms with E-state index in [-0.39, 0.29) is 17.9 Å². The molecule has 1 aliphatic rings. The fraction of sp³-hybridized carbons (Fsp3) is 0.636. The number of cyclic esters (lactones) is 1. The third-order valence-electron chi connectivity index (χ3n) is 2.25. The van der Waals surface area contributed by atoms with Crippen LogP contribution in [-0.4, -0.2) is 17.9 Å². The van der Waals surface area contributed by atoms with Gasteiger partial charge in [-0.3, -0.25) is 4.79 Å². The molecule has 0 spiro atoms. The van der Waals surface area contributed by atoms with Crippen LogP contribution in [0.4, 0.5) is 0 Å². The summed E-state index contributed by atoms with van der Waals surface area (Å²) in [5.41, 5.74) is 0.724. The van der Waals surface area contributed by atoms with Crippen LogP contribution in [0.2, 0.25) is 0 Å². The predicted molar refractivity (Wildman–Crippen MR) is 52.8 cm³/mol. The van der Waals surface area contributed by atoms with Gasteiger partial charge in [0.25, 0.3) is 0 Å². The molecular formula is C11H16O3. The smallest absolute Gasteiger partial charge is 0.334 e. The zero-order valence-electron chi connectivity index (χ0n) is 8.71. The van der Waals surface area contributed by atoms with Crippen LogP contribution >= 0.6 is 0 Å². The largest absolute Gasteiger partial charge is 0.454 e. The van der Waals surface area contributed by atoms with Gasteiger partial charge in [-0.2, -0.15) is 0 Å². The summed E-state index contributed by atoms with van der Waals surface area (Å²) in [6.45, 7) is 3.83. The molecule has 1 aliphatic heterocycles. The highest BCUT2D eigenvalue weighted by Crippen LogP contribution is 2.20. The van der Waals surface area contributed by atoms with Crippen molar-refractivity contribution in [2.24, 2.45) is 0 Å². The van der Waals surface area contributed by atoms with E-state index in [1.54, 1.807) is 6.08 Å². The Morgan fingerprint density at radius 1 is 1.50 bits per heavy atom. The average molecular weight is 196 g/mol. The lowest BCUT2D eigenvalue weighted by Crippen LogP contribution is -2.13. The third kappa shape index (κ3) is 2.69. The summed E-state index contributed by atoms with van der Waals surface area (Å²) in [6.07, 6.45) is 3.99. The van der Waals surface area contributed by atoms with E-state index in [2.05, 4.69) is 0 Å². The van der Waals surface area contributed by atoms with Crippen molar-refractivity contribution in [3.8, 4) is 0 Å². The highest BCUT2D eigenvalue weighted by atomic mass is 16.5. The van der Waals surface area contributed by atoms with E-state index in [1.165, 1.54) is 0 Å². The van der Waals surface area contributed by atoms with E-state index in [4.69, 9.17) is 4.74 Å². The molecular weight excluding hydrogens is 180 g/mol. The topological polar surface area (TPSA) is 43.4 Å². The Bertz CT molecular complexity index is 266. The molecule has 0 aliphatic carbocycles. The van der Waals surface area contributed by atoms with Crippen LogP contribution in [0, 0.1) is 0 Å². The molecule has 3 nitrogen and oxygen atoms in total. The monoisotopic (exact) mass is 196 g/mol. The van der Waals surface area contributed by atoms with Crippen LogP contribution in [-0.2, 0) is 14.3 Å². The van der Waals surface area contributed by atoms with Gasteiger partial charge in [0.05, 0.1) is 0 Å². The summed E-state index contributed by atoms with van der Waals surface area (Å²) < 4.78 is 5.05. The van der Waals surface area contributed by atoms with Crippen LogP contribution in [0.5, 0.6) is 0 Å². The predicted octanol–water partition coefficient (Wildman–Crippen LogP) is 2.01. The normalized spacial score (nSPS) is 20.6. The van der Waals surface area contributed by atoms with Crippen LogP contribution in [0.3, 0.4) is 0 Å². The van der Waals surface area contributed by atoms with Gasteiger partial charge < -0.3 is 4.74 Å². The highest BCUT2D eigenvalue weighted by Gasteiger charge is 2.25. The number of Topliss-reactive ketones (excluding diaryl/α,β-unsaturated/α-hetero) is 1. The fourth-order valence-electron chi connectivity index (χ4n) is 1.46. The lowest BCUT2D eigenvalue weighted by atomic mass is 10.1. The second-order valence-corrected chi connectivity index (χ2v) is 3.48. The van der Waals surface area contributed by atoms with E-state index in [9.17, 15) is 9.59 Å². The second kappa shape index (κ2) is 4.94. The summed E-state index contributed by atoms with van der Waals surface area (Å²) >= 11 is 0. The van der Waals surface area contributed by atoms with E-state index in [0.29, 0.717) is 12.8 Å². The zero-order chi connectivity index (χ0) is 10.6. The average Bonchev–Trinajstić information content (AvgIpc) is 2.47. The SMILES string of the molecule is CCCC1=C[C@@H](CC(=O)CC)OC1=O. The maximum atomic E-state index is 11.2. The molecule has 0 saturated carbocycles. The van der Waals surface area contributed by atoms with Crippen LogP contribution < -0.4 is 0 Å². The lowest BCUT2D eigenvalue weighted by Gasteiger charge is -2.05. The van der Waals surface area contributed by atoms with Crippen LogP contribution in [0.25, 0.3) is 0 Å². The molecule has 0 amide bonds. The van der Waals surface area contributed by atoms with Crippen molar-refractivity contribution in [3.05, 3.63) is 11.6 Å². The van der Waals surface area contributed by atoms with Crippen molar-refractivity contribution in [3.63, 3.8) is 0 Å². The molecule has 0 radical (unpaired) electrons. The molecule has 0 N–H and O–H groups in total. The first-order valence-electron chi connectivity index (χ1n) is 5.10. The summed E-state index contributed by atoms with van der Waals surface area (Å²) in [4.78, 5) is 22.4. The second-order valence-electron chi connectivity index (χ2n) is 3.48. The highest BCUT2D eigenvalue weighted by molar-refractivity contribution is 5.91. The Morgan fingerprint density at radius 2 is 2.21 bits per heavy atom. The number of rotatable bonds is 5. The van der Waals surface area contributed by atoms with E-state index in [1.807, 2.05) is 13.8 Å². The number of esters is 1. The van der Waals surface area contributed by atoms with Crippen LogP contribution in [0.1, 0.15) is 39.5 Å². The fourth-order valence-corrected chi connectivity index (χ4v) is 1.46. The van der Waals surface area contributed by atoms with Gasteiger partial charge in [0, 0.05) is 18.4 Å². The van der Waals surface area contributed by atoms with Crippen LogP contribution in [0.15, 0.2) is 11.6 Å². The first kappa shape index (κ1) is 11.0. The minimum Gasteiger partial charge on any atom is -0.454 e. The van der Waals surface area contributed by atoms with E-state index < -0.39 is 0 Å². The third-order valence-corrected chi connectivity index (χ3v) is 2.25. The van der Waals surface area contributed by atoms with Crippen molar-refractivity contribution >= 4 is 11.8 Å². The first-order chi connectivity index (χ1) is 6.67.